The molecule has 0 aromatic heterocycles. The number of sulfonamides is 1. The van der Waals surface area contributed by atoms with Crippen molar-refractivity contribution in [3.8, 4) is 0 Å². The van der Waals surface area contributed by atoms with Crippen molar-refractivity contribution >= 4 is 38.7 Å². The molecule has 0 bridgehead atoms. The lowest BCUT2D eigenvalue weighted by atomic mass is 10.0. The molecule has 2 aliphatic rings. The summed E-state index contributed by atoms with van der Waals surface area (Å²) in [6, 6.07) is 4.73. The van der Waals surface area contributed by atoms with Gasteiger partial charge in [0.1, 0.15) is 16.3 Å². The van der Waals surface area contributed by atoms with E-state index >= 15 is 0 Å². The van der Waals surface area contributed by atoms with Gasteiger partial charge in [-0.3, -0.25) is 4.79 Å². The number of nitrogens with two attached hydrogens (primary N) is 1. The van der Waals surface area contributed by atoms with Crippen molar-refractivity contribution in [2.75, 3.05) is 26.2 Å². The number of fused-ring (bicyclic) bond motifs is 1. The van der Waals surface area contributed by atoms with Gasteiger partial charge in [-0.2, -0.15) is 13.0 Å². The fourth-order valence-corrected chi connectivity index (χ4v) is 4.97. The highest BCUT2D eigenvalue weighted by molar-refractivity contribution is 7.89. The number of piperazine rings is 1. The van der Waals surface area contributed by atoms with Gasteiger partial charge in [0, 0.05) is 32.2 Å². The van der Waals surface area contributed by atoms with E-state index < -0.39 is 10.0 Å². The van der Waals surface area contributed by atoms with Crippen molar-refractivity contribution in [2.24, 2.45) is 20.4 Å². The van der Waals surface area contributed by atoms with E-state index in [4.69, 9.17) is 5.73 Å². The lowest BCUT2D eigenvalue weighted by Crippen LogP contribution is -2.53. The lowest BCUT2D eigenvalue weighted by Gasteiger charge is -2.35. The Labute approximate surface area is 150 Å². The largest absolute Gasteiger partial charge is 0.340 e. The lowest BCUT2D eigenvalue weighted by molar-refractivity contribution is -0.136. The topological polar surface area (TPSA) is 108 Å². The minimum atomic E-state index is -3.67. The number of rotatable bonds is 4. The van der Waals surface area contributed by atoms with Crippen LogP contribution in [-0.4, -0.2) is 55.8 Å². The summed E-state index contributed by atoms with van der Waals surface area (Å²) in [5.74, 6) is -0.309. The maximum Gasteiger partial charge on any atom is 0.245 e. The van der Waals surface area contributed by atoms with Gasteiger partial charge in [-0.05, 0) is 19.1 Å². The first-order chi connectivity index (χ1) is 11.8. The summed E-state index contributed by atoms with van der Waals surface area (Å²) in [7, 11) is -3.67. The zero-order valence-electron chi connectivity index (χ0n) is 14.1. The van der Waals surface area contributed by atoms with E-state index in [0.717, 1.165) is 11.4 Å². The van der Waals surface area contributed by atoms with Crippen LogP contribution in [0, 0.1) is 5.92 Å². The summed E-state index contributed by atoms with van der Waals surface area (Å²) < 4.78 is 35.5. The molecule has 25 heavy (non-hydrogen) atoms. The van der Waals surface area contributed by atoms with E-state index in [-0.39, 0.29) is 35.9 Å². The Morgan fingerprint density at radius 2 is 1.88 bits per heavy atom. The van der Waals surface area contributed by atoms with Gasteiger partial charge in [0.2, 0.25) is 15.9 Å². The quantitative estimate of drug-likeness (QED) is 0.856. The zero-order valence-corrected chi connectivity index (χ0v) is 15.8. The Morgan fingerprint density at radius 1 is 1.20 bits per heavy atom. The molecule has 0 saturated carbocycles. The molecule has 1 saturated heterocycles. The van der Waals surface area contributed by atoms with Gasteiger partial charge in [-0.15, -0.1) is 0 Å². The fourth-order valence-electron chi connectivity index (χ4n) is 2.79. The normalized spacial score (nSPS) is 20.0. The predicted molar refractivity (Wildman–Crippen MR) is 96.1 cm³/mol. The number of hydrogen-bond acceptors (Lipinski definition) is 6. The molecule has 2 unspecified atom stereocenters. The molecule has 1 aromatic carbocycles. The molecule has 2 N–H and O–H groups in total. The second-order valence-electron chi connectivity index (χ2n) is 6.27. The van der Waals surface area contributed by atoms with Crippen LogP contribution in [0.25, 0.3) is 0 Å². The van der Waals surface area contributed by atoms with Gasteiger partial charge in [-0.1, -0.05) is 13.0 Å². The van der Waals surface area contributed by atoms with E-state index in [0.29, 0.717) is 24.5 Å². The molecule has 2 atom stereocenters. The van der Waals surface area contributed by atoms with Crippen molar-refractivity contribution in [3.63, 3.8) is 0 Å². The standard InChI is InChI=1S/C15H21N5O3S2/c1-10(11(2)16)15(21)19-6-8-20(9-7-19)25(22,23)13-5-3-4-12-14(13)18-24-17-12/h3-5,10-11H,6-9,16H2,1-2H3. The fraction of sp³-hybridized carbons (Fsp3) is 0.533. The highest BCUT2D eigenvalue weighted by Crippen LogP contribution is 2.38. The average Bonchev–Trinajstić information content (AvgIpc) is 3.09. The van der Waals surface area contributed by atoms with Crippen LogP contribution in [0.2, 0.25) is 0 Å². The van der Waals surface area contributed by atoms with Crippen LogP contribution in [0.1, 0.15) is 13.8 Å². The van der Waals surface area contributed by atoms with Crippen LogP contribution in [-0.2, 0) is 26.2 Å². The molecule has 1 aromatic rings. The number of carbonyl (C=O) groups excluding carboxylic acids is 1. The summed E-state index contributed by atoms with van der Waals surface area (Å²) in [4.78, 5) is 14.2. The molecule has 0 spiro atoms. The Bertz CT molecular complexity index is 854. The summed E-state index contributed by atoms with van der Waals surface area (Å²) in [6.07, 6.45) is 0. The first-order valence-electron chi connectivity index (χ1n) is 8.08. The zero-order chi connectivity index (χ0) is 18.2. The predicted octanol–water partition coefficient (Wildman–Crippen LogP) is 1.23. The van der Waals surface area contributed by atoms with Crippen molar-refractivity contribution in [2.45, 2.75) is 24.8 Å². The summed E-state index contributed by atoms with van der Waals surface area (Å²) in [5.41, 5.74) is 6.77. The Morgan fingerprint density at radius 3 is 2.52 bits per heavy atom. The van der Waals surface area contributed by atoms with Gasteiger partial charge in [0.05, 0.1) is 17.3 Å². The van der Waals surface area contributed by atoms with Crippen LogP contribution >= 0.6 is 0 Å². The van der Waals surface area contributed by atoms with Crippen LogP contribution < -0.4 is 5.73 Å². The average molecular weight is 383 g/mol. The van der Waals surface area contributed by atoms with E-state index in [2.05, 4.69) is 8.73 Å². The van der Waals surface area contributed by atoms with Crippen LogP contribution in [0.15, 0.2) is 31.8 Å². The SMILES string of the molecule is CC(N)C(C)C(=O)N1CCN(S(=O)(=O)c2cccc3c2N=S=N3)CC1. The second-order valence-corrected chi connectivity index (χ2v) is 8.70. The molecular formula is C15H21N5O3S2. The van der Waals surface area contributed by atoms with Gasteiger partial charge in [0.15, 0.2) is 0 Å². The summed E-state index contributed by atoms with van der Waals surface area (Å²) in [5, 5.41) is 0. The molecule has 10 heteroatoms. The molecule has 8 nitrogen and oxygen atoms in total. The Kier molecular flexibility index (Phi) is 5.05. The molecule has 1 fully saturated rings. The number of amides is 1. The highest BCUT2D eigenvalue weighted by atomic mass is 32.2. The molecule has 0 aliphatic carbocycles. The number of benzene rings is 1. The monoisotopic (exact) mass is 383 g/mol. The van der Waals surface area contributed by atoms with Crippen molar-refractivity contribution < 1.29 is 13.2 Å². The smallest absolute Gasteiger partial charge is 0.245 e. The summed E-state index contributed by atoms with van der Waals surface area (Å²) >= 11 is 0.992. The van der Waals surface area contributed by atoms with Gasteiger partial charge >= 0.3 is 0 Å². The third-order valence-corrected chi connectivity index (χ3v) is 7.07. The third-order valence-electron chi connectivity index (χ3n) is 4.60. The first-order valence-corrected chi connectivity index (χ1v) is 10.2. The number of nitrogens with zero attached hydrogens (tertiary/aromatic N) is 4. The first kappa shape index (κ1) is 18.2. The molecule has 2 aliphatic heterocycles. The van der Waals surface area contributed by atoms with Crippen molar-refractivity contribution in [1.29, 1.82) is 0 Å². The van der Waals surface area contributed by atoms with E-state index in [1.807, 2.05) is 0 Å². The molecule has 1 amide bonds. The second kappa shape index (κ2) is 6.94. The Hall–Kier alpha value is -1.62. The van der Waals surface area contributed by atoms with Crippen LogP contribution in [0.3, 0.4) is 0 Å². The number of carbonyl (C=O) groups is 1. The van der Waals surface area contributed by atoms with E-state index in [1.165, 1.54) is 4.31 Å². The summed E-state index contributed by atoms with van der Waals surface area (Å²) in [6.45, 7) is 4.83. The van der Waals surface area contributed by atoms with Gasteiger partial charge in [-0.25, -0.2) is 8.42 Å². The van der Waals surface area contributed by atoms with E-state index in [9.17, 15) is 13.2 Å². The molecular weight excluding hydrogens is 362 g/mol. The van der Waals surface area contributed by atoms with Crippen molar-refractivity contribution in [3.05, 3.63) is 18.2 Å². The van der Waals surface area contributed by atoms with Crippen LogP contribution in [0.4, 0.5) is 11.4 Å². The van der Waals surface area contributed by atoms with E-state index in [1.54, 1.807) is 36.9 Å². The van der Waals surface area contributed by atoms with Gasteiger partial charge in [0.25, 0.3) is 0 Å². The highest BCUT2D eigenvalue weighted by Gasteiger charge is 2.34. The molecule has 2 heterocycles. The third kappa shape index (κ3) is 3.39. The molecule has 0 radical (unpaired) electrons. The Balaban J connectivity index is 1.74. The minimum absolute atomic E-state index is 0.0298. The molecule has 3 rings (SSSR count). The van der Waals surface area contributed by atoms with Gasteiger partial charge < -0.3 is 10.6 Å². The molecule has 136 valence electrons. The van der Waals surface area contributed by atoms with Crippen molar-refractivity contribution in [1.82, 2.24) is 9.21 Å². The maximum atomic E-state index is 13.0. The number of hydrogen-bond donors (Lipinski definition) is 1. The maximum absolute atomic E-state index is 13.0. The van der Waals surface area contributed by atoms with Crippen LogP contribution in [0.5, 0.6) is 0 Å². The minimum Gasteiger partial charge on any atom is -0.340 e.